The van der Waals surface area contributed by atoms with Crippen molar-refractivity contribution in [1.82, 2.24) is 25.3 Å². The van der Waals surface area contributed by atoms with Crippen molar-refractivity contribution in [2.75, 3.05) is 0 Å². The summed E-state index contributed by atoms with van der Waals surface area (Å²) in [4.78, 5) is 16.1. The molecule has 134 valence electrons. The Kier molecular flexibility index (Phi) is 4.80. The van der Waals surface area contributed by atoms with E-state index in [2.05, 4.69) is 20.6 Å². The van der Waals surface area contributed by atoms with Gasteiger partial charge in [0.15, 0.2) is 5.82 Å². The Balaban J connectivity index is 1.78. The number of hydrogen-bond acceptors (Lipinski definition) is 5. The second-order valence-corrected chi connectivity index (χ2v) is 6.93. The monoisotopic (exact) mass is 347 g/mol. The summed E-state index contributed by atoms with van der Waals surface area (Å²) < 4.78 is 15.5. The maximum atomic E-state index is 13.8. The molecular weight excluding hydrogens is 325 g/mol. The minimum atomic E-state index is -1.08. The second-order valence-electron chi connectivity index (χ2n) is 6.93. The molecule has 2 N–H and O–H groups in total. The van der Waals surface area contributed by atoms with Crippen molar-refractivity contribution in [2.45, 2.75) is 57.2 Å². The Morgan fingerprint density at radius 1 is 1.40 bits per heavy atom. The fourth-order valence-corrected chi connectivity index (χ4v) is 3.12. The van der Waals surface area contributed by atoms with Crippen LogP contribution in [0.3, 0.4) is 0 Å². The molecule has 0 spiro atoms. The molecule has 1 fully saturated rings. The van der Waals surface area contributed by atoms with Crippen LogP contribution in [0, 0.1) is 5.82 Å². The van der Waals surface area contributed by atoms with Gasteiger partial charge in [0.1, 0.15) is 11.3 Å². The van der Waals surface area contributed by atoms with E-state index in [0.717, 1.165) is 31.9 Å². The molecule has 25 heavy (non-hydrogen) atoms. The smallest absolute Gasteiger partial charge is 0.254 e. The van der Waals surface area contributed by atoms with Crippen LogP contribution in [0.25, 0.3) is 0 Å². The normalized spacial score (nSPS) is 21.1. The summed E-state index contributed by atoms with van der Waals surface area (Å²) in [6.45, 7) is 3.29. The lowest BCUT2D eigenvalue weighted by molar-refractivity contribution is 0.0735. The summed E-state index contributed by atoms with van der Waals surface area (Å²) >= 11 is 0. The molecule has 0 saturated heterocycles. The Bertz CT molecular complexity index is 755. The van der Waals surface area contributed by atoms with E-state index in [9.17, 15) is 14.3 Å². The Labute approximate surface area is 145 Å². The van der Waals surface area contributed by atoms with Gasteiger partial charge in [0.25, 0.3) is 5.91 Å². The number of halogens is 1. The van der Waals surface area contributed by atoms with Crippen molar-refractivity contribution in [1.29, 1.82) is 0 Å². The van der Waals surface area contributed by atoms with Crippen molar-refractivity contribution in [2.24, 2.45) is 0 Å². The number of aliphatic hydroxyl groups is 1. The van der Waals surface area contributed by atoms with E-state index in [-0.39, 0.29) is 17.6 Å². The van der Waals surface area contributed by atoms with Gasteiger partial charge in [-0.1, -0.05) is 18.1 Å². The lowest BCUT2D eigenvalue weighted by atomic mass is 9.90. The predicted molar refractivity (Wildman–Crippen MR) is 88.2 cm³/mol. The van der Waals surface area contributed by atoms with Gasteiger partial charge >= 0.3 is 0 Å². The summed E-state index contributed by atoms with van der Waals surface area (Å²) in [5.41, 5.74) is -0.621. The minimum Gasteiger partial charge on any atom is -0.384 e. The van der Waals surface area contributed by atoms with Crippen LogP contribution in [0.4, 0.5) is 4.39 Å². The number of rotatable bonds is 4. The highest BCUT2D eigenvalue weighted by molar-refractivity contribution is 5.94. The van der Waals surface area contributed by atoms with Crippen LogP contribution < -0.4 is 5.32 Å². The molecule has 0 aliphatic heterocycles. The zero-order valence-corrected chi connectivity index (χ0v) is 14.3. The molecule has 0 radical (unpaired) electrons. The summed E-state index contributed by atoms with van der Waals surface area (Å²) in [6.07, 6.45) is 7.73. The van der Waals surface area contributed by atoms with E-state index in [0.29, 0.717) is 5.69 Å². The number of hydrogen-bond donors (Lipinski definition) is 2. The third-order valence-corrected chi connectivity index (χ3v) is 4.54. The largest absolute Gasteiger partial charge is 0.384 e. The molecule has 2 aromatic heterocycles. The van der Waals surface area contributed by atoms with Gasteiger partial charge in [-0.25, -0.2) is 9.07 Å². The van der Waals surface area contributed by atoms with Crippen LogP contribution in [0.1, 0.15) is 61.6 Å². The van der Waals surface area contributed by atoms with E-state index in [4.69, 9.17) is 0 Å². The number of nitrogens with one attached hydrogen (secondary N) is 1. The second kappa shape index (κ2) is 6.87. The van der Waals surface area contributed by atoms with Crippen molar-refractivity contribution in [3.63, 3.8) is 0 Å². The Morgan fingerprint density at radius 2 is 2.16 bits per heavy atom. The number of carbonyl (C=O) groups excluding carboxylic acids is 1. The summed E-state index contributed by atoms with van der Waals surface area (Å²) in [5.74, 6) is -1.10. The lowest BCUT2D eigenvalue weighted by Crippen LogP contribution is -2.43. The summed E-state index contributed by atoms with van der Waals surface area (Å²) in [6, 6.07) is 1.11. The molecule has 2 heterocycles. The van der Waals surface area contributed by atoms with Crippen molar-refractivity contribution >= 4 is 5.91 Å². The molecule has 1 aliphatic rings. The molecule has 1 saturated carbocycles. The molecule has 3 rings (SSSR count). The van der Waals surface area contributed by atoms with Gasteiger partial charge in [-0.15, -0.1) is 5.10 Å². The lowest BCUT2D eigenvalue weighted by Gasteiger charge is -2.32. The third kappa shape index (κ3) is 3.84. The molecule has 8 heteroatoms. The van der Waals surface area contributed by atoms with E-state index in [1.54, 1.807) is 24.7 Å². The fraction of sp³-hybridized carbons (Fsp3) is 0.529. The van der Waals surface area contributed by atoms with Gasteiger partial charge in [0.05, 0.1) is 30.0 Å². The van der Waals surface area contributed by atoms with Gasteiger partial charge in [0.2, 0.25) is 0 Å². The van der Waals surface area contributed by atoms with Crippen LogP contribution in [-0.4, -0.2) is 37.0 Å². The average molecular weight is 347 g/mol. The quantitative estimate of drug-likeness (QED) is 0.882. The fourth-order valence-electron chi connectivity index (χ4n) is 3.12. The van der Waals surface area contributed by atoms with Crippen LogP contribution in [0.5, 0.6) is 0 Å². The molecule has 7 nitrogen and oxygen atoms in total. The minimum absolute atomic E-state index is 0.0184. The number of amides is 1. The SMILES string of the molecule is CC(C)(O)c1cn([C@@H]2CCCC[C@@H]2NC(=O)c2ccncc2F)nn1. The summed E-state index contributed by atoms with van der Waals surface area (Å²) in [7, 11) is 0. The standard InChI is InChI=1S/C17H22FN5O2/c1-17(2,25)15-10-23(22-21-15)14-6-4-3-5-13(14)20-16(24)11-7-8-19-9-12(11)18/h7-10,13-14,25H,3-6H2,1-2H3,(H,20,24)/t13-,14+/m0/s1. The highest BCUT2D eigenvalue weighted by Gasteiger charge is 2.31. The topological polar surface area (TPSA) is 92.9 Å². The molecule has 1 aliphatic carbocycles. The number of carbonyl (C=O) groups is 1. The molecule has 2 atom stereocenters. The predicted octanol–water partition coefficient (Wildman–Crippen LogP) is 1.95. The first-order valence-corrected chi connectivity index (χ1v) is 8.41. The van der Waals surface area contributed by atoms with E-state index < -0.39 is 17.3 Å². The van der Waals surface area contributed by atoms with Crippen molar-refractivity contribution in [3.05, 3.63) is 41.7 Å². The molecular formula is C17H22FN5O2. The molecule has 0 aromatic carbocycles. The first-order valence-electron chi connectivity index (χ1n) is 8.41. The maximum absolute atomic E-state index is 13.8. The highest BCUT2D eigenvalue weighted by Crippen LogP contribution is 2.29. The Hall–Kier alpha value is -2.35. The zero-order chi connectivity index (χ0) is 18.0. The van der Waals surface area contributed by atoms with Gasteiger partial charge in [0, 0.05) is 6.20 Å². The molecule has 0 unspecified atom stereocenters. The molecule has 0 bridgehead atoms. The van der Waals surface area contributed by atoms with Gasteiger partial charge in [-0.3, -0.25) is 9.78 Å². The number of pyridine rings is 1. The highest BCUT2D eigenvalue weighted by atomic mass is 19.1. The number of aromatic nitrogens is 4. The first-order chi connectivity index (χ1) is 11.9. The van der Waals surface area contributed by atoms with Gasteiger partial charge in [-0.2, -0.15) is 0 Å². The zero-order valence-electron chi connectivity index (χ0n) is 14.3. The molecule has 2 aromatic rings. The Morgan fingerprint density at radius 3 is 2.84 bits per heavy atom. The van der Waals surface area contributed by atoms with E-state index in [1.807, 2.05) is 0 Å². The number of nitrogens with zero attached hydrogens (tertiary/aromatic N) is 4. The van der Waals surface area contributed by atoms with Gasteiger partial charge < -0.3 is 10.4 Å². The van der Waals surface area contributed by atoms with Gasteiger partial charge in [-0.05, 0) is 32.8 Å². The van der Waals surface area contributed by atoms with Crippen molar-refractivity contribution < 1.29 is 14.3 Å². The molecule has 1 amide bonds. The van der Waals surface area contributed by atoms with Crippen molar-refractivity contribution in [3.8, 4) is 0 Å². The average Bonchev–Trinajstić information content (AvgIpc) is 3.06. The van der Waals surface area contributed by atoms with Crippen LogP contribution in [-0.2, 0) is 5.60 Å². The first kappa shape index (κ1) is 17.5. The third-order valence-electron chi connectivity index (χ3n) is 4.54. The van der Waals surface area contributed by atoms with E-state index >= 15 is 0 Å². The van der Waals surface area contributed by atoms with Crippen LogP contribution in [0.2, 0.25) is 0 Å². The van der Waals surface area contributed by atoms with E-state index in [1.165, 1.54) is 12.3 Å². The maximum Gasteiger partial charge on any atom is 0.254 e. The summed E-state index contributed by atoms with van der Waals surface area (Å²) in [5, 5.41) is 21.1. The van der Waals surface area contributed by atoms with Crippen LogP contribution in [0.15, 0.2) is 24.7 Å². The van der Waals surface area contributed by atoms with Crippen LogP contribution >= 0.6 is 0 Å².